The fourth-order valence-corrected chi connectivity index (χ4v) is 4.43. The quantitative estimate of drug-likeness (QED) is 0.0871. The lowest BCUT2D eigenvalue weighted by Gasteiger charge is -2.29. The van der Waals surface area contributed by atoms with E-state index in [1.54, 1.807) is 45.0 Å². The second-order valence-electron chi connectivity index (χ2n) is 13.1. The van der Waals surface area contributed by atoms with Gasteiger partial charge in [-0.15, -0.1) is 0 Å². The van der Waals surface area contributed by atoms with Gasteiger partial charge in [0.05, 0.1) is 40.4 Å². The minimum Gasteiger partial charge on any atom is -0.380 e. The molecule has 6 N–H and O–H groups in total. The molecule has 2 rings (SSSR count). The molecule has 14 heteroatoms. The molecule has 2 aromatic rings. The Bertz CT molecular complexity index is 1410. The third kappa shape index (κ3) is 14.1. The zero-order valence-corrected chi connectivity index (χ0v) is 31.5. The topological polar surface area (TPSA) is 184 Å². The number of ether oxygens (including phenoxy) is 1. The molecule has 0 aromatic heterocycles. The molecule has 0 heterocycles. The fourth-order valence-electron chi connectivity index (χ4n) is 4.24. The van der Waals surface area contributed by atoms with E-state index in [1.807, 2.05) is 50.3 Å². The number of halogens is 1. The van der Waals surface area contributed by atoms with E-state index in [0.29, 0.717) is 60.2 Å². The van der Waals surface area contributed by atoms with E-state index in [4.69, 9.17) is 4.74 Å². The van der Waals surface area contributed by atoms with Crippen molar-refractivity contribution in [2.24, 2.45) is 10.8 Å². The highest BCUT2D eigenvalue weighted by Gasteiger charge is 2.25. The van der Waals surface area contributed by atoms with Crippen molar-refractivity contribution in [1.29, 1.82) is 0 Å². The van der Waals surface area contributed by atoms with Crippen LogP contribution in [0, 0.1) is 10.8 Å². The molecule has 0 aliphatic carbocycles. The first-order chi connectivity index (χ1) is 23.0. The molecule has 0 saturated heterocycles. The van der Waals surface area contributed by atoms with E-state index >= 15 is 0 Å². The summed E-state index contributed by atoms with van der Waals surface area (Å²) >= 11 is 1.94. The minimum atomic E-state index is -0.434. The van der Waals surface area contributed by atoms with Crippen molar-refractivity contribution in [2.45, 2.75) is 67.7 Å². The number of carbonyl (C=O) groups excluding carboxylic acids is 6. The van der Waals surface area contributed by atoms with Gasteiger partial charge in [-0.2, -0.15) is 0 Å². The number of carbonyl (C=O) groups is 6. The Morgan fingerprint density at radius 1 is 0.571 bits per heavy atom. The van der Waals surface area contributed by atoms with Crippen LogP contribution in [0.2, 0.25) is 0 Å². The summed E-state index contributed by atoms with van der Waals surface area (Å²) in [6, 6.07) is 9.42. The maximum Gasteiger partial charge on any atom is 0.251 e. The second kappa shape index (κ2) is 19.2. The summed E-state index contributed by atoms with van der Waals surface area (Å²) in [6.07, 6.45) is 0.749. The average molecular weight is 793 g/mol. The van der Waals surface area contributed by atoms with Crippen LogP contribution in [-0.4, -0.2) is 66.2 Å². The van der Waals surface area contributed by atoms with Gasteiger partial charge in [0.15, 0.2) is 0 Å². The summed E-state index contributed by atoms with van der Waals surface area (Å²) in [4.78, 5) is 74.0. The summed E-state index contributed by atoms with van der Waals surface area (Å²) in [5.41, 5.74) is 1.30. The fraction of sp³-hybridized carbons (Fsp3) is 0.486. The van der Waals surface area contributed by atoms with Crippen molar-refractivity contribution < 1.29 is 33.5 Å². The molecule has 0 aliphatic heterocycles. The summed E-state index contributed by atoms with van der Waals surface area (Å²) in [5, 5.41) is 16.8. The van der Waals surface area contributed by atoms with Gasteiger partial charge in [0.25, 0.3) is 11.8 Å². The van der Waals surface area contributed by atoms with Gasteiger partial charge in [0, 0.05) is 54.3 Å². The van der Waals surface area contributed by atoms with Gasteiger partial charge in [-0.3, -0.25) is 28.8 Å². The highest BCUT2D eigenvalue weighted by atomic mass is 127. The molecule has 0 aliphatic rings. The number of amides is 6. The van der Waals surface area contributed by atoms with E-state index < -0.39 is 10.8 Å². The Kier molecular flexibility index (Phi) is 16.1. The van der Waals surface area contributed by atoms with E-state index in [9.17, 15) is 28.8 Å². The van der Waals surface area contributed by atoms with Crippen molar-refractivity contribution in [1.82, 2.24) is 10.6 Å². The highest BCUT2D eigenvalue weighted by Crippen LogP contribution is 2.26. The molecule has 6 amide bonds. The van der Waals surface area contributed by atoms with Gasteiger partial charge in [0.1, 0.15) is 0 Å². The molecule has 268 valence electrons. The normalized spacial score (nSPS) is 11.3. The van der Waals surface area contributed by atoms with Crippen molar-refractivity contribution in [3.63, 3.8) is 0 Å². The summed E-state index contributed by atoms with van der Waals surface area (Å²) in [7, 11) is 0. The van der Waals surface area contributed by atoms with Crippen LogP contribution in [0.5, 0.6) is 0 Å². The zero-order chi connectivity index (χ0) is 36.8. The molecule has 13 nitrogen and oxygen atoms in total. The predicted molar refractivity (Wildman–Crippen MR) is 200 cm³/mol. The SMILES string of the molecule is CCC(=O)Nc1ccc(C(=O)NCC(C)(C)COCC(C)(C)CNC(=O)c2ccc(NC(=O)CI)c(NC(=O)CC)c2)cc1NC(=O)CC. The van der Waals surface area contributed by atoms with E-state index in [-0.39, 0.29) is 59.1 Å². The van der Waals surface area contributed by atoms with E-state index in [2.05, 4.69) is 31.9 Å². The Morgan fingerprint density at radius 2 is 0.918 bits per heavy atom. The van der Waals surface area contributed by atoms with Gasteiger partial charge >= 0.3 is 0 Å². The monoisotopic (exact) mass is 792 g/mol. The first-order valence-electron chi connectivity index (χ1n) is 16.2. The van der Waals surface area contributed by atoms with Crippen LogP contribution in [0.1, 0.15) is 88.4 Å². The Labute approximate surface area is 302 Å². The lowest BCUT2D eigenvalue weighted by Crippen LogP contribution is -2.40. The van der Waals surface area contributed by atoms with Crippen molar-refractivity contribution in [3.05, 3.63) is 47.5 Å². The molecule has 2 aromatic carbocycles. The van der Waals surface area contributed by atoms with Gasteiger partial charge in [0.2, 0.25) is 23.6 Å². The van der Waals surface area contributed by atoms with E-state index in [1.165, 1.54) is 12.1 Å². The summed E-state index contributed by atoms with van der Waals surface area (Å²) in [6.45, 7) is 14.2. The van der Waals surface area contributed by atoms with E-state index in [0.717, 1.165) is 0 Å². The van der Waals surface area contributed by atoms with Gasteiger partial charge < -0.3 is 36.6 Å². The molecule has 0 bridgehead atoms. The number of hydrogen-bond acceptors (Lipinski definition) is 7. The summed E-state index contributed by atoms with van der Waals surface area (Å²) < 4.78 is 6.28. The third-order valence-corrected chi connectivity index (χ3v) is 7.88. The van der Waals surface area contributed by atoms with Crippen LogP contribution >= 0.6 is 22.6 Å². The van der Waals surface area contributed by atoms with Gasteiger partial charge in [-0.1, -0.05) is 71.1 Å². The van der Waals surface area contributed by atoms with Crippen LogP contribution in [0.25, 0.3) is 0 Å². The number of hydrogen-bond donors (Lipinski definition) is 6. The smallest absolute Gasteiger partial charge is 0.251 e. The second-order valence-corrected chi connectivity index (χ2v) is 13.9. The molecule has 0 saturated carbocycles. The molecule has 0 unspecified atom stereocenters. The number of nitrogens with one attached hydrogen (secondary N) is 6. The number of rotatable bonds is 18. The maximum atomic E-state index is 13.0. The molecular formula is C35H49IN6O7. The lowest BCUT2D eigenvalue weighted by molar-refractivity contribution is -0.116. The first-order valence-corrected chi connectivity index (χ1v) is 17.7. The lowest BCUT2D eigenvalue weighted by atomic mass is 9.92. The first kappa shape index (κ1) is 41.1. The van der Waals surface area contributed by atoms with Gasteiger partial charge in [-0.25, -0.2) is 0 Å². The average Bonchev–Trinajstić information content (AvgIpc) is 3.07. The molecule has 0 atom stereocenters. The Hall–Kier alpha value is -4.05. The molecule has 49 heavy (non-hydrogen) atoms. The molecule has 0 radical (unpaired) electrons. The van der Waals surface area contributed by atoms with Crippen molar-refractivity contribution in [3.8, 4) is 0 Å². The van der Waals surface area contributed by atoms with Gasteiger partial charge in [-0.05, 0) is 36.4 Å². The standard InChI is InChI=1S/C35H49IN6O7/c1-8-28(43)39-24-13-11-22(15-26(24)41-29(44)9-2)32(47)37-18-34(4,5)20-49-21-35(6,7)19-38-33(48)23-12-14-25(40-31(46)17-36)27(16-23)42-30(45)10-3/h11-16H,8-10,17-21H2,1-7H3,(H,37,47)(H,38,48)(H,39,43)(H,40,46)(H,41,44)(H,42,45). The van der Waals surface area contributed by atoms with Crippen molar-refractivity contribution >= 4 is 80.8 Å². The van der Waals surface area contributed by atoms with Crippen molar-refractivity contribution in [2.75, 3.05) is 52.0 Å². The Balaban J connectivity index is 1.95. The van der Waals surface area contributed by atoms with Crippen LogP contribution < -0.4 is 31.9 Å². The maximum absolute atomic E-state index is 13.0. The van der Waals surface area contributed by atoms with Crippen LogP contribution in [0.15, 0.2) is 36.4 Å². The highest BCUT2D eigenvalue weighted by molar-refractivity contribution is 14.1. The Morgan fingerprint density at radius 3 is 1.27 bits per heavy atom. The number of benzene rings is 2. The van der Waals surface area contributed by atoms with Crippen LogP contribution in [0.3, 0.4) is 0 Å². The minimum absolute atomic E-state index is 0.214. The van der Waals surface area contributed by atoms with Crippen LogP contribution in [0.4, 0.5) is 22.7 Å². The molecular weight excluding hydrogens is 743 g/mol. The zero-order valence-electron chi connectivity index (χ0n) is 29.4. The third-order valence-electron chi connectivity index (χ3n) is 7.19. The molecule has 0 spiro atoms. The summed E-state index contributed by atoms with van der Waals surface area (Å²) in [5.74, 6) is -1.61. The predicted octanol–water partition coefficient (Wildman–Crippen LogP) is 5.33. The van der Waals surface area contributed by atoms with Crippen LogP contribution in [-0.2, 0) is 23.9 Å². The number of alkyl halides is 1. The molecule has 0 fully saturated rings. The number of anilines is 4. The largest absolute Gasteiger partial charge is 0.380 e.